The molecule has 2 aromatic heterocycles. The molecule has 0 aliphatic carbocycles. The van der Waals surface area contributed by atoms with E-state index in [1.54, 1.807) is 31.6 Å². The summed E-state index contributed by atoms with van der Waals surface area (Å²) in [5.74, 6) is 0.833. The van der Waals surface area contributed by atoms with Crippen LogP contribution in [0.25, 0.3) is 11.8 Å². The summed E-state index contributed by atoms with van der Waals surface area (Å²) in [5, 5.41) is 15.3. The van der Waals surface area contributed by atoms with Gasteiger partial charge < -0.3 is 13.7 Å². The Labute approximate surface area is 188 Å². The highest BCUT2D eigenvalue weighted by atomic mass is 32.2. The van der Waals surface area contributed by atoms with Gasteiger partial charge in [-0.1, -0.05) is 12.1 Å². The molecule has 9 heteroatoms. The van der Waals surface area contributed by atoms with Gasteiger partial charge in [-0.25, -0.2) is 0 Å². The third-order valence-corrected chi connectivity index (χ3v) is 6.21. The first-order valence-corrected chi connectivity index (χ1v) is 10.7. The molecule has 1 aromatic carbocycles. The number of aromatic nitrogens is 1. The third kappa shape index (κ3) is 3.18. The number of methoxy groups -OCH3 is 1. The van der Waals surface area contributed by atoms with Crippen molar-refractivity contribution in [2.75, 3.05) is 7.11 Å². The number of ether oxygens (including phenoxy) is 1. The van der Waals surface area contributed by atoms with Crippen molar-refractivity contribution in [3.8, 4) is 11.4 Å². The molecule has 5 rings (SSSR count). The second kappa shape index (κ2) is 7.69. The van der Waals surface area contributed by atoms with Crippen LogP contribution in [0.4, 0.5) is 0 Å². The molecule has 0 saturated heterocycles. The van der Waals surface area contributed by atoms with E-state index in [0.717, 1.165) is 28.4 Å². The highest BCUT2D eigenvalue weighted by Crippen LogP contribution is 2.33. The molecule has 0 saturated carbocycles. The van der Waals surface area contributed by atoms with Crippen LogP contribution in [0, 0.1) is 19.3 Å². The second-order valence-corrected chi connectivity index (χ2v) is 8.19. The summed E-state index contributed by atoms with van der Waals surface area (Å²) >= 11 is 1.20. The first kappa shape index (κ1) is 20.1. The molecule has 8 nitrogen and oxygen atoms in total. The number of carbonyl (C=O) groups is 1. The molecule has 0 fully saturated rings. The number of hydrazone groups is 1. The van der Waals surface area contributed by atoms with Crippen LogP contribution in [-0.4, -0.2) is 38.6 Å². The molecular formula is C23H19N5O3S. The fourth-order valence-electron chi connectivity index (χ4n) is 3.77. The average Bonchev–Trinajstić information content (AvgIpc) is 3.51. The monoisotopic (exact) mass is 445 g/mol. The quantitative estimate of drug-likeness (QED) is 0.602. The largest absolute Gasteiger partial charge is 0.495 e. The van der Waals surface area contributed by atoms with Gasteiger partial charge in [0.25, 0.3) is 5.91 Å². The van der Waals surface area contributed by atoms with E-state index in [4.69, 9.17) is 14.6 Å². The number of para-hydroxylation sites is 2. The highest BCUT2D eigenvalue weighted by Gasteiger charge is 2.36. The Bertz CT molecular complexity index is 1350. The lowest BCUT2D eigenvalue weighted by molar-refractivity contribution is -0.114. The number of thioether (sulfide) groups is 1. The maximum Gasteiger partial charge on any atom is 0.283 e. The summed E-state index contributed by atoms with van der Waals surface area (Å²) in [6.45, 7) is 3.96. The second-order valence-electron chi connectivity index (χ2n) is 7.24. The van der Waals surface area contributed by atoms with Crippen LogP contribution >= 0.6 is 11.8 Å². The topological polar surface area (TPSA) is 96.2 Å². The number of aryl methyl sites for hydroxylation is 1. The standard InChI is InChI=1S/C23H19N5O3S/c1-13-11-15(14(2)27(13)17-7-4-5-8-18(17)30-3)12-16-20(24)28-23(25-21(16)29)32-22(26-28)19-9-6-10-31-19/h4-12,24H,1-3H3/b16-12+,24-20?. The van der Waals surface area contributed by atoms with Crippen molar-refractivity contribution >= 4 is 39.8 Å². The van der Waals surface area contributed by atoms with Gasteiger partial charge in [0.2, 0.25) is 5.17 Å². The van der Waals surface area contributed by atoms with Crippen LogP contribution in [0.1, 0.15) is 22.7 Å². The molecule has 0 radical (unpaired) electrons. The minimum Gasteiger partial charge on any atom is -0.495 e. The van der Waals surface area contributed by atoms with Crippen molar-refractivity contribution in [3.63, 3.8) is 0 Å². The zero-order chi connectivity index (χ0) is 22.4. The lowest BCUT2D eigenvalue weighted by Gasteiger charge is -2.20. The molecule has 1 N–H and O–H groups in total. The van der Waals surface area contributed by atoms with Crippen molar-refractivity contribution in [1.82, 2.24) is 9.58 Å². The van der Waals surface area contributed by atoms with Gasteiger partial charge in [0.1, 0.15) is 5.75 Å². The van der Waals surface area contributed by atoms with Crippen LogP contribution in [0.3, 0.4) is 0 Å². The van der Waals surface area contributed by atoms with E-state index in [1.165, 1.54) is 16.8 Å². The molecule has 32 heavy (non-hydrogen) atoms. The maximum atomic E-state index is 12.8. The van der Waals surface area contributed by atoms with Crippen LogP contribution in [0.5, 0.6) is 5.75 Å². The Morgan fingerprint density at radius 1 is 1.19 bits per heavy atom. The minimum absolute atomic E-state index is 0.0175. The predicted octanol–water partition coefficient (Wildman–Crippen LogP) is 4.36. The number of amidine groups is 2. The van der Waals surface area contributed by atoms with Gasteiger partial charge in [-0.05, 0) is 67.6 Å². The number of benzene rings is 1. The Hall–Kier alpha value is -3.85. The molecule has 2 aliphatic rings. The molecule has 0 atom stereocenters. The number of hydrogen-bond donors (Lipinski definition) is 1. The summed E-state index contributed by atoms with van der Waals surface area (Å²) in [4.78, 5) is 16.9. The predicted molar refractivity (Wildman–Crippen MR) is 125 cm³/mol. The molecule has 3 aromatic rings. The van der Waals surface area contributed by atoms with Crippen molar-refractivity contribution in [3.05, 3.63) is 77.0 Å². The van der Waals surface area contributed by atoms with Gasteiger partial charge >= 0.3 is 0 Å². The Kier molecular flexibility index (Phi) is 4.82. The van der Waals surface area contributed by atoms with Crippen LogP contribution < -0.4 is 4.74 Å². The van der Waals surface area contributed by atoms with E-state index in [-0.39, 0.29) is 11.4 Å². The molecule has 1 amide bonds. The van der Waals surface area contributed by atoms with Crippen molar-refractivity contribution in [2.45, 2.75) is 13.8 Å². The molecule has 2 aliphatic heterocycles. The Morgan fingerprint density at radius 2 is 2.00 bits per heavy atom. The summed E-state index contributed by atoms with van der Waals surface area (Å²) in [6.07, 6.45) is 3.25. The fourth-order valence-corrected chi connectivity index (χ4v) is 4.63. The van der Waals surface area contributed by atoms with Gasteiger partial charge in [0.05, 0.1) is 24.6 Å². The number of nitrogens with zero attached hydrogens (tertiary/aromatic N) is 4. The first-order chi connectivity index (χ1) is 15.5. The van der Waals surface area contributed by atoms with E-state index >= 15 is 0 Å². The summed E-state index contributed by atoms with van der Waals surface area (Å²) in [7, 11) is 1.64. The number of amides is 1. The Balaban J connectivity index is 1.54. The van der Waals surface area contributed by atoms with Crippen molar-refractivity contribution in [1.29, 1.82) is 5.41 Å². The molecular weight excluding hydrogens is 426 g/mol. The van der Waals surface area contributed by atoms with Gasteiger partial charge in [-0.2, -0.15) is 15.1 Å². The SMILES string of the molecule is COc1ccccc1-n1c(C)cc(/C=C2\C(=N)N3N=C(c4ccco4)SC3=NC2=O)c1C. The number of carbonyl (C=O) groups excluding carboxylic acids is 1. The van der Waals surface area contributed by atoms with E-state index in [2.05, 4.69) is 14.7 Å². The molecule has 0 unspecified atom stereocenters. The van der Waals surface area contributed by atoms with Gasteiger partial charge in [-0.3, -0.25) is 10.2 Å². The summed E-state index contributed by atoms with van der Waals surface area (Å²) in [6, 6.07) is 13.3. The van der Waals surface area contributed by atoms with E-state index in [0.29, 0.717) is 16.0 Å². The number of rotatable bonds is 4. The molecule has 0 spiro atoms. The van der Waals surface area contributed by atoms with E-state index < -0.39 is 5.91 Å². The van der Waals surface area contributed by atoms with Crippen molar-refractivity contribution in [2.24, 2.45) is 10.1 Å². The zero-order valence-corrected chi connectivity index (χ0v) is 18.4. The lowest BCUT2D eigenvalue weighted by Crippen LogP contribution is -2.35. The van der Waals surface area contributed by atoms with E-state index in [1.807, 2.05) is 44.2 Å². The lowest BCUT2D eigenvalue weighted by atomic mass is 10.1. The molecule has 160 valence electrons. The van der Waals surface area contributed by atoms with Gasteiger partial charge in [-0.15, -0.1) is 0 Å². The van der Waals surface area contributed by atoms with E-state index in [9.17, 15) is 4.79 Å². The number of furan rings is 1. The van der Waals surface area contributed by atoms with Gasteiger partial charge in [0.15, 0.2) is 16.6 Å². The average molecular weight is 446 g/mol. The minimum atomic E-state index is -0.466. The van der Waals surface area contributed by atoms with Crippen LogP contribution in [0.15, 0.2) is 68.8 Å². The fraction of sp³-hybridized carbons (Fsp3) is 0.130. The summed E-state index contributed by atoms with van der Waals surface area (Å²) in [5.41, 5.74) is 3.81. The normalized spacial score (nSPS) is 17.0. The number of hydrogen-bond acceptors (Lipinski definition) is 6. The third-order valence-electron chi connectivity index (χ3n) is 5.28. The highest BCUT2D eigenvalue weighted by molar-refractivity contribution is 8.27. The van der Waals surface area contributed by atoms with Gasteiger partial charge in [0, 0.05) is 11.4 Å². The molecule has 0 bridgehead atoms. The Morgan fingerprint density at radius 3 is 2.75 bits per heavy atom. The zero-order valence-electron chi connectivity index (χ0n) is 17.6. The van der Waals surface area contributed by atoms with Crippen LogP contribution in [-0.2, 0) is 4.79 Å². The number of aliphatic imine (C=N–C) groups is 1. The van der Waals surface area contributed by atoms with Crippen molar-refractivity contribution < 1.29 is 13.9 Å². The molecule has 4 heterocycles. The summed E-state index contributed by atoms with van der Waals surface area (Å²) < 4.78 is 13.0. The number of fused-ring (bicyclic) bond motifs is 1. The first-order valence-electron chi connectivity index (χ1n) is 9.84. The van der Waals surface area contributed by atoms with Crippen LogP contribution in [0.2, 0.25) is 0 Å². The smallest absolute Gasteiger partial charge is 0.283 e. The number of nitrogens with one attached hydrogen (secondary N) is 1. The maximum absolute atomic E-state index is 12.8.